The summed E-state index contributed by atoms with van der Waals surface area (Å²) in [7, 11) is 1.67. The van der Waals surface area contributed by atoms with E-state index >= 15 is 0 Å². The van der Waals surface area contributed by atoms with E-state index in [1.165, 1.54) is 16.2 Å². The van der Waals surface area contributed by atoms with Crippen molar-refractivity contribution >= 4 is 23.2 Å². The Morgan fingerprint density at radius 1 is 0.815 bits per heavy atom. The lowest BCUT2D eigenvalue weighted by molar-refractivity contribution is -0.132. The van der Waals surface area contributed by atoms with Crippen molar-refractivity contribution in [3.05, 3.63) is 94.2 Å². The standard InChI is InChI=1S/C22H22N2O2S/c1-23(22(26)20-13-8-14-27-20)17-21(25)24(15-18-9-4-2-5-10-18)16-19-11-6-3-7-12-19/h2-14H,15-17H2,1H3. The van der Waals surface area contributed by atoms with E-state index in [1.54, 1.807) is 18.0 Å². The number of hydrogen-bond donors (Lipinski definition) is 0. The number of hydrogen-bond acceptors (Lipinski definition) is 3. The highest BCUT2D eigenvalue weighted by Crippen LogP contribution is 2.13. The van der Waals surface area contributed by atoms with Crippen molar-refractivity contribution in [1.29, 1.82) is 0 Å². The molecule has 0 saturated carbocycles. The van der Waals surface area contributed by atoms with Gasteiger partial charge < -0.3 is 9.80 Å². The van der Waals surface area contributed by atoms with Gasteiger partial charge in [0.05, 0.1) is 11.4 Å². The summed E-state index contributed by atoms with van der Waals surface area (Å²) in [6, 6.07) is 23.4. The molecule has 138 valence electrons. The zero-order valence-corrected chi connectivity index (χ0v) is 16.1. The SMILES string of the molecule is CN(CC(=O)N(Cc1ccccc1)Cc1ccccc1)C(=O)c1cccs1. The molecule has 0 fully saturated rings. The summed E-state index contributed by atoms with van der Waals surface area (Å²) in [6.45, 7) is 1.07. The third-order valence-corrected chi connectivity index (χ3v) is 5.09. The fraction of sp³-hybridized carbons (Fsp3) is 0.182. The Hall–Kier alpha value is -2.92. The average Bonchev–Trinajstić information content (AvgIpc) is 3.23. The molecule has 3 rings (SSSR count). The highest BCUT2D eigenvalue weighted by molar-refractivity contribution is 7.12. The number of carbonyl (C=O) groups excluding carboxylic acids is 2. The van der Waals surface area contributed by atoms with Crippen molar-refractivity contribution in [2.24, 2.45) is 0 Å². The molecule has 2 amide bonds. The van der Waals surface area contributed by atoms with Crippen molar-refractivity contribution in [3.8, 4) is 0 Å². The van der Waals surface area contributed by atoms with Crippen LogP contribution in [-0.2, 0) is 17.9 Å². The minimum atomic E-state index is -0.127. The van der Waals surface area contributed by atoms with Crippen LogP contribution in [0.5, 0.6) is 0 Å². The summed E-state index contributed by atoms with van der Waals surface area (Å²) < 4.78 is 0. The molecular formula is C22H22N2O2S. The molecule has 5 heteroatoms. The first kappa shape index (κ1) is 18.9. The van der Waals surface area contributed by atoms with E-state index in [-0.39, 0.29) is 18.4 Å². The van der Waals surface area contributed by atoms with Crippen LogP contribution in [0.3, 0.4) is 0 Å². The lowest BCUT2D eigenvalue weighted by Crippen LogP contribution is -2.40. The first-order valence-corrected chi connectivity index (χ1v) is 9.66. The summed E-state index contributed by atoms with van der Waals surface area (Å²) >= 11 is 1.38. The van der Waals surface area contributed by atoms with Gasteiger partial charge in [0.1, 0.15) is 0 Å². The van der Waals surface area contributed by atoms with E-state index in [4.69, 9.17) is 0 Å². The molecule has 27 heavy (non-hydrogen) atoms. The highest BCUT2D eigenvalue weighted by Gasteiger charge is 2.20. The molecule has 0 radical (unpaired) electrons. The van der Waals surface area contributed by atoms with Crippen LogP contribution in [-0.4, -0.2) is 35.2 Å². The molecule has 0 spiro atoms. The molecule has 1 heterocycles. The lowest BCUT2D eigenvalue weighted by Gasteiger charge is -2.26. The van der Waals surface area contributed by atoms with Gasteiger partial charge in [-0.1, -0.05) is 66.7 Å². The minimum Gasteiger partial charge on any atom is -0.333 e. The normalized spacial score (nSPS) is 10.4. The second-order valence-electron chi connectivity index (χ2n) is 6.36. The van der Waals surface area contributed by atoms with Gasteiger partial charge in [-0.05, 0) is 22.6 Å². The third-order valence-electron chi connectivity index (χ3n) is 4.24. The summed E-state index contributed by atoms with van der Waals surface area (Å²) in [5.74, 6) is -0.201. The van der Waals surface area contributed by atoms with Gasteiger partial charge in [0.25, 0.3) is 5.91 Å². The summed E-state index contributed by atoms with van der Waals surface area (Å²) in [5.41, 5.74) is 2.13. The topological polar surface area (TPSA) is 40.6 Å². The smallest absolute Gasteiger partial charge is 0.264 e. The Morgan fingerprint density at radius 2 is 1.37 bits per heavy atom. The molecule has 0 atom stereocenters. The molecule has 4 nitrogen and oxygen atoms in total. The van der Waals surface area contributed by atoms with Crippen LogP contribution < -0.4 is 0 Å². The van der Waals surface area contributed by atoms with Crippen molar-refractivity contribution < 1.29 is 9.59 Å². The number of rotatable bonds is 7. The first-order chi connectivity index (χ1) is 13.1. The molecular weight excluding hydrogens is 356 g/mol. The largest absolute Gasteiger partial charge is 0.333 e. The summed E-state index contributed by atoms with van der Waals surface area (Å²) in [6.07, 6.45) is 0. The Kier molecular flexibility index (Phi) is 6.39. The van der Waals surface area contributed by atoms with Crippen molar-refractivity contribution in [2.75, 3.05) is 13.6 Å². The summed E-state index contributed by atoms with van der Waals surface area (Å²) in [5, 5.41) is 1.86. The maximum atomic E-state index is 13.0. The quantitative estimate of drug-likeness (QED) is 0.622. The second kappa shape index (κ2) is 9.14. The van der Waals surface area contributed by atoms with Crippen molar-refractivity contribution in [2.45, 2.75) is 13.1 Å². The zero-order chi connectivity index (χ0) is 19.1. The van der Waals surface area contributed by atoms with Gasteiger partial charge in [0, 0.05) is 20.1 Å². The minimum absolute atomic E-state index is 0.0520. The van der Waals surface area contributed by atoms with Gasteiger partial charge in [-0.2, -0.15) is 0 Å². The zero-order valence-electron chi connectivity index (χ0n) is 15.2. The molecule has 0 aliphatic heterocycles. The fourth-order valence-corrected chi connectivity index (χ4v) is 3.52. The van der Waals surface area contributed by atoms with Gasteiger partial charge in [-0.15, -0.1) is 11.3 Å². The molecule has 0 N–H and O–H groups in total. The number of likely N-dealkylation sites (N-methyl/N-ethyl adjacent to an activating group) is 1. The first-order valence-electron chi connectivity index (χ1n) is 8.78. The summed E-state index contributed by atoms with van der Waals surface area (Å²) in [4.78, 5) is 29.3. The van der Waals surface area contributed by atoms with E-state index in [0.29, 0.717) is 18.0 Å². The molecule has 3 aromatic rings. The third kappa shape index (κ3) is 5.28. The van der Waals surface area contributed by atoms with E-state index in [0.717, 1.165) is 11.1 Å². The second-order valence-corrected chi connectivity index (χ2v) is 7.31. The number of benzene rings is 2. The lowest BCUT2D eigenvalue weighted by atomic mass is 10.1. The maximum absolute atomic E-state index is 13.0. The number of amides is 2. The molecule has 0 bridgehead atoms. The van der Waals surface area contributed by atoms with Gasteiger partial charge in [-0.3, -0.25) is 9.59 Å². The van der Waals surface area contributed by atoms with E-state index < -0.39 is 0 Å². The monoisotopic (exact) mass is 378 g/mol. The number of thiophene rings is 1. The Balaban J connectivity index is 1.72. The van der Waals surface area contributed by atoms with Crippen LogP contribution in [0.2, 0.25) is 0 Å². The van der Waals surface area contributed by atoms with E-state index in [2.05, 4.69) is 0 Å². The molecule has 0 aliphatic carbocycles. The van der Waals surface area contributed by atoms with Crippen LogP contribution in [0.1, 0.15) is 20.8 Å². The number of carbonyl (C=O) groups is 2. The Bertz CT molecular complexity index is 822. The van der Waals surface area contributed by atoms with Crippen molar-refractivity contribution in [1.82, 2.24) is 9.80 Å². The van der Waals surface area contributed by atoms with E-state index in [1.807, 2.05) is 72.1 Å². The van der Waals surface area contributed by atoms with Crippen LogP contribution in [0, 0.1) is 0 Å². The van der Waals surface area contributed by atoms with Gasteiger partial charge in [0.15, 0.2) is 0 Å². The molecule has 2 aromatic carbocycles. The van der Waals surface area contributed by atoms with Gasteiger partial charge >= 0.3 is 0 Å². The Morgan fingerprint density at radius 3 is 1.85 bits per heavy atom. The predicted molar refractivity (Wildman–Crippen MR) is 108 cm³/mol. The highest BCUT2D eigenvalue weighted by atomic mass is 32.1. The predicted octanol–water partition coefficient (Wildman–Crippen LogP) is 4.05. The maximum Gasteiger partial charge on any atom is 0.264 e. The van der Waals surface area contributed by atoms with Crippen molar-refractivity contribution in [3.63, 3.8) is 0 Å². The van der Waals surface area contributed by atoms with Gasteiger partial charge in [0.2, 0.25) is 5.91 Å². The van der Waals surface area contributed by atoms with Crippen LogP contribution in [0.25, 0.3) is 0 Å². The van der Waals surface area contributed by atoms with Crippen LogP contribution in [0.15, 0.2) is 78.2 Å². The van der Waals surface area contributed by atoms with Crippen LogP contribution in [0.4, 0.5) is 0 Å². The Labute approximate surface area is 163 Å². The molecule has 0 saturated heterocycles. The molecule has 0 aliphatic rings. The number of nitrogens with zero attached hydrogens (tertiary/aromatic N) is 2. The van der Waals surface area contributed by atoms with Crippen LogP contribution >= 0.6 is 11.3 Å². The molecule has 1 aromatic heterocycles. The fourth-order valence-electron chi connectivity index (χ4n) is 2.80. The molecule has 0 unspecified atom stereocenters. The van der Waals surface area contributed by atoms with E-state index in [9.17, 15) is 9.59 Å². The van der Waals surface area contributed by atoms with Gasteiger partial charge in [-0.25, -0.2) is 0 Å². The average molecular weight is 378 g/mol.